The Balaban J connectivity index is 0.00000605. The number of rotatable bonds is 12. The second kappa shape index (κ2) is 17.2. The number of hydrogen-bond acceptors (Lipinski definition) is 9. The smallest absolute Gasteiger partial charge is 0.744 e. The van der Waals surface area contributed by atoms with Crippen LogP contribution in [0, 0.1) is 0 Å². The van der Waals surface area contributed by atoms with Crippen LogP contribution in [0.25, 0.3) is 5.57 Å². The number of nitrogens with zero attached hydrogens (tertiary/aromatic N) is 2. The fourth-order valence-corrected chi connectivity index (χ4v) is 7.90. The zero-order valence-corrected chi connectivity index (χ0v) is 33.8. The van der Waals surface area contributed by atoms with Crippen LogP contribution < -0.4 is 34.5 Å². The quantitative estimate of drug-likeness (QED) is 0.0913. The monoisotopic (exact) mass is 788 g/mol. The van der Waals surface area contributed by atoms with Gasteiger partial charge < -0.3 is 14.0 Å². The van der Waals surface area contributed by atoms with Crippen molar-refractivity contribution in [1.29, 1.82) is 0 Å². The molecule has 1 aliphatic rings. The SMILES string of the molecule is CCN(Cc1cccc(S(=O)(=O)[O-])c1)c1ccc(C(=C2C=CC(=[N+](CC)Cc3cccc(S(=O)(=O)Cl)c3)C=C2)c2ccccc2S(=O)(=O)[O-])cc1.[Na+]. The second-order valence-electron chi connectivity index (χ2n) is 11.6. The molecule has 0 atom stereocenters. The average molecular weight is 789 g/mol. The normalized spacial score (nSPS) is 13.1. The van der Waals surface area contributed by atoms with E-state index in [1.165, 1.54) is 42.5 Å². The zero-order valence-electron chi connectivity index (χ0n) is 28.6. The Kier molecular flexibility index (Phi) is 13.7. The van der Waals surface area contributed by atoms with Gasteiger partial charge in [0.05, 0.1) is 14.7 Å². The molecule has 15 heteroatoms. The Morgan fingerprint density at radius 3 is 1.88 bits per heavy atom. The molecular weight excluding hydrogens is 755 g/mol. The maximum Gasteiger partial charge on any atom is 1.00 e. The molecule has 10 nitrogen and oxygen atoms in total. The van der Waals surface area contributed by atoms with E-state index in [-0.39, 0.29) is 49.8 Å². The van der Waals surface area contributed by atoms with Gasteiger partial charge in [0.15, 0.2) is 12.3 Å². The maximum absolute atomic E-state index is 12.4. The molecule has 0 fully saturated rings. The number of anilines is 1. The van der Waals surface area contributed by atoms with Crippen LogP contribution in [0.1, 0.15) is 36.1 Å². The van der Waals surface area contributed by atoms with E-state index in [1.54, 1.807) is 24.3 Å². The summed E-state index contributed by atoms with van der Waals surface area (Å²) in [6, 6.07) is 25.7. The van der Waals surface area contributed by atoms with Gasteiger partial charge in [-0.2, -0.15) is 0 Å². The van der Waals surface area contributed by atoms with Gasteiger partial charge in [-0.1, -0.05) is 54.6 Å². The molecule has 0 N–H and O–H groups in total. The molecule has 0 radical (unpaired) electrons. The maximum atomic E-state index is 12.4. The number of hydrogen-bond donors (Lipinski definition) is 0. The van der Waals surface area contributed by atoms with Crippen LogP contribution in [0.15, 0.2) is 142 Å². The van der Waals surface area contributed by atoms with E-state index in [9.17, 15) is 34.4 Å². The minimum Gasteiger partial charge on any atom is -0.744 e. The van der Waals surface area contributed by atoms with E-state index < -0.39 is 29.3 Å². The topological polar surface area (TPSA) is 155 Å². The van der Waals surface area contributed by atoms with Crippen LogP contribution in [0.3, 0.4) is 0 Å². The van der Waals surface area contributed by atoms with E-state index >= 15 is 0 Å². The Morgan fingerprint density at radius 2 is 1.31 bits per heavy atom. The summed E-state index contributed by atoms with van der Waals surface area (Å²) >= 11 is 0. The van der Waals surface area contributed by atoms with Crippen molar-refractivity contribution in [3.05, 3.63) is 149 Å². The van der Waals surface area contributed by atoms with Crippen LogP contribution in [0.2, 0.25) is 0 Å². The first kappa shape index (κ1) is 41.4. The molecule has 4 aromatic rings. The summed E-state index contributed by atoms with van der Waals surface area (Å²) in [5.74, 6) is 0. The molecular formula is C37H34ClN2NaO8S3. The van der Waals surface area contributed by atoms with Crippen molar-refractivity contribution in [2.45, 2.75) is 41.6 Å². The third kappa shape index (κ3) is 10.2. The van der Waals surface area contributed by atoms with Crippen molar-refractivity contribution >= 4 is 56.9 Å². The molecule has 0 aromatic heterocycles. The van der Waals surface area contributed by atoms with Crippen LogP contribution in [0.4, 0.5) is 5.69 Å². The van der Waals surface area contributed by atoms with Gasteiger partial charge in [0, 0.05) is 52.7 Å². The molecule has 0 heterocycles. The van der Waals surface area contributed by atoms with E-state index in [0.29, 0.717) is 48.5 Å². The largest absolute Gasteiger partial charge is 1.00 e. The van der Waals surface area contributed by atoms with Gasteiger partial charge in [0.1, 0.15) is 26.8 Å². The van der Waals surface area contributed by atoms with E-state index in [1.807, 2.05) is 78.0 Å². The molecule has 266 valence electrons. The van der Waals surface area contributed by atoms with Gasteiger partial charge in [0.2, 0.25) is 0 Å². The van der Waals surface area contributed by atoms with Crippen LogP contribution in [-0.2, 0) is 42.4 Å². The molecule has 0 saturated carbocycles. The van der Waals surface area contributed by atoms with Crippen molar-refractivity contribution in [3.8, 4) is 0 Å². The summed E-state index contributed by atoms with van der Waals surface area (Å²) in [7, 11) is -7.79. The summed E-state index contributed by atoms with van der Waals surface area (Å²) in [6.45, 7) is 5.78. The van der Waals surface area contributed by atoms with Gasteiger partial charge in [0.25, 0.3) is 9.05 Å². The summed E-state index contributed by atoms with van der Waals surface area (Å²) in [6.07, 6.45) is 7.42. The Bertz CT molecular complexity index is 2410. The molecule has 5 rings (SSSR count). The van der Waals surface area contributed by atoms with Crippen LogP contribution in [0.5, 0.6) is 0 Å². The fraction of sp³-hybridized carbons (Fsp3) is 0.162. The average Bonchev–Trinajstić information content (AvgIpc) is 3.10. The van der Waals surface area contributed by atoms with Crippen LogP contribution >= 0.6 is 10.7 Å². The summed E-state index contributed by atoms with van der Waals surface area (Å²) < 4.78 is 97.7. The van der Waals surface area contributed by atoms with Gasteiger partial charge in [-0.3, -0.25) is 0 Å². The molecule has 0 unspecified atom stereocenters. The van der Waals surface area contributed by atoms with Crippen molar-refractivity contribution in [2.24, 2.45) is 0 Å². The molecule has 0 amide bonds. The van der Waals surface area contributed by atoms with Crippen molar-refractivity contribution in [2.75, 3.05) is 18.0 Å². The molecule has 1 aliphatic carbocycles. The molecule has 0 saturated heterocycles. The summed E-state index contributed by atoms with van der Waals surface area (Å²) in [5.41, 5.74) is 5.05. The standard InChI is InChI=1S/C37H35ClN2O8S3.Na/c1-3-39(25-27-9-7-11-33(23-27)49(38,41)42)31-19-15-29(16-20-31)37(35-13-5-6-14-36(35)51(46,47)48)30-17-21-32(22-18-30)40(4-2)26-28-10-8-12-34(24-28)50(43,44)45;/h5-24H,3-4,25-26H2,1-2H3,(H-,43,44,45,46,47,48);/q;+1/p-1. The molecule has 4 aromatic carbocycles. The fourth-order valence-electron chi connectivity index (χ4n) is 5.85. The predicted octanol–water partition coefficient (Wildman–Crippen LogP) is 3.05. The third-order valence-corrected chi connectivity index (χ3v) is 11.4. The van der Waals surface area contributed by atoms with E-state index in [4.69, 9.17) is 10.7 Å². The summed E-state index contributed by atoms with van der Waals surface area (Å²) in [4.78, 5) is 1.33. The number of halogens is 1. The second-order valence-corrected chi connectivity index (χ2v) is 16.9. The van der Waals surface area contributed by atoms with Crippen molar-refractivity contribution in [1.82, 2.24) is 0 Å². The predicted molar refractivity (Wildman–Crippen MR) is 195 cm³/mol. The Hall–Kier alpha value is -3.37. The zero-order chi connectivity index (χ0) is 37.0. The van der Waals surface area contributed by atoms with Crippen molar-refractivity contribution < 1.29 is 68.5 Å². The molecule has 0 aliphatic heterocycles. The Morgan fingerprint density at radius 1 is 0.712 bits per heavy atom. The van der Waals surface area contributed by atoms with Gasteiger partial charge in [-0.15, -0.1) is 0 Å². The first-order valence-electron chi connectivity index (χ1n) is 15.8. The Labute approximate surface area is 331 Å². The van der Waals surface area contributed by atoms with Gasteiger partial charge in [-0.05, 0) is 90.7 Å². The minimum atomic E-state index is -4.85. The van der Waals surface area contributed by atoms with Gasteiger partial charge in [-0.25, -0.2) is 29.8 Å². The minimum absolute atomic E-state index is 0. The molecule has 0 bridgehead atoms. The first-order valence-corrected chi connectivity index (χ1v) is 20.9. The summed E-state index contributed by atoms with van der Waals surface area (Å²) in [5, 5.41) is 0. The van der Waals surface area contributed by atoms with Crippen LogP contribution in [-0.4, -0.2) is 57.7 Å². The van der Waals surface area contributed by atoms with Gasteiger partial charge >= 0.3 is 29.6 Å². The first-order chi connectivity index (χ1) is 24.1. The molecule has 0 spiro atoms. The van der Waals surface area contributed by atoms with Crippen molar-refractivity contribution in [3.63, 3.8) is 0 Å². The number of allylic oxidation sites excluding steroid dienone is 5. The molecule has 52 heavy (non-hydrogen) atoms. The van der Waals surface area contributed by atoms with E-state index in [0.717, 1.165) is 17.0 Å². The third-order valence-electron chi connectivity index (χ3n) is 8.35. The van der Waals surface area contributed by atoms with E-state index in [2.05, 4.69) is 0 Å². The number of benzene rings is 4.